The number of nitrogens with zero attached hydrogens (tertiary/aromatic N) is 2. The summed E-state index contributed by atoms with van der Waals surface area (Å²) in [5.41, 5.74) is 0. The number of carbonyl (C=O) groups excluding carboxylic acids is 2. The number of quaternary nitrogens is 1. The zero-order valence-electron chi connectivity index (χ0n) is 14.2. The van der Waals surface area contributed by atoms with E-state index < -0.39 is 0 Å². The molecule has 1 heterocycles. The molecule has 0 aromatic carbocycles. The minimum Gasteiger partial charge on any atom is -0.355 e. The molecule has 1 aliphatic rings. The average molecular weight is 298 g/mol. The molecule has 5 heteroatoms. The lowest BCUT2D eigenvalue weighted by Crippen LogP contribution is -2.47. The lowest BCUT2D eigenvalue weighted by atomic mass is 9.96. The van der Waals surface area contributed by atoms with Gasteiger partial charge >= 0.3 is 5.91 Å². The first-order chi connectivity index (χ1) is 9.90. The second-order valence-corrected chi connectivity index (χ2v) is 6.55. The third-order valence-corrected chi connectivity index (χ3v) is 4.60. The van der Waals surface area contributed by atoms with Gasteiger partial charge in [0, 0.05) is 12.5 Å². The zero-order chi connectivity index (χ0) is 15.9. The van der Waals surface area contributed by atoms with Crippen LogP contribution in [0.3, 0.4) is 0 Å². The fourth-order valence-corrected chi connectivity index (χ4v) is 2.65. The topological polar surface area (TPSA) is 49.4 Å². The van der Waals surface area contributed by atoms with E-state index in [0.29, 0.717) is 17.4 Å². The molecular formula is C16H32N3O2+. The first kappa shape index (κ1) is 18.1. The van der Waals surface area contributed by atoms with Gasteiger partial charge in [0.25, 0.3) is 0 Å². The first-order valence-corrected chi connectivity index (χ1v) is 8.27. The number of amides is 2. The van der Waals surface area contributed by atoms with Crippen molar-refractivity contribution in [3.05, 3.63) is 0 Å². The molecule has 0 radical (unpaired) electrons. The van der Waals surface area contributed by atoms with E-state index >= 15 is 0 Å². The van der Waals surface area contributed by atoms with E-state index in [2.05, 4.69) is 17.1 Å². The number of rotatable bonds is 7. The predicted molar refractivity (Wildman–Crippen MR) is 84.7 cm³/mol. The van der Waals surface area contributed by atoms with Gasteiger partial charge in [-0.3, -0.25) is 9.28 Å². The van der Waals surface area contributed by atoms with Crippen LogP contribution in [0.5, 0.6) is 0 Å². The van der Waals surface area contributed by atoms with Crippen molar-refractivity contribution in [3.8, 4) is 0 Å². The Kier molecular flexibility index (Phi) is 7.32. The van der Waals surface area contributed by atoms with E-state index in [1.165, 1.54) is 6.42 Å². The Balaban J connectivity index is 2.25. The highest BCUT2D eigenvalue weighted by molar-refractivity contribution is 5.79. The molecule has 0 bridgehead atoms. The van der Waals surface area contributed by atoms with Crippen molar-refractivity contribution in [2.24, 2.45) is 5.92 Å². The molecule has 0 atom stereocenters. The van der Waals surface area contributed by atoms with Crippen LogP contribution >= 0.6 is 0 Å². The van der Waals surface area contributed by atoms with Crippen LogP contribution in [0.1, 0.15) is 39.5 Å². The number of nitrogens with one attached hydrogen (secondary N) is 1. The lowest BCUT2D eigenvalue weighted by Gasteiger charge is -2.31. The van der Waals surface area contributed by atoms with Gasteiger partial charge in [0.2, 0.25) is 5.91 Å². The molecule has 0 spiro atoms. The SMILES string of the molecule is CCCN1CCC(C(=O)NCCC(=O)[N+](C)(C)CC)CC1. The highest BCUT2D eigenvalue weighted by Gasteiger charge is 2.26. The van der Waals surface area contributed by atoms with E-state index in [9.17, 15) is 9.59 Å². The van der Waals surface area contributed by atoms with Crippen LogP contribution in [0.2, 0.25) is 0 Å². The monoisotopic (exact) mass is 298 g/mol. The van der Waals surface area contributed by atoms with Crippen molar-refractivity contribution < 1.29 is 14.1 Å². The molecule has 21 heavy (non-hydrogen) atoms. The molecule has 1 fully saturated rings. The van der Waals surface area contributed by atoms with Crippen LogP contribution in [0.15, 0.2) is 0 Å². The van der Waals surface area contributed by atoms with Gasteiger partial charge in [0.05, 0.1) is 27.1 Å². The van der Waals surface area contributed by atoms with Crippen molar-refractivity contribution in [2.45, 2.75) is 39.5 Å². The Morgan fingerprint density at radius 2 is 1.81 bits per heavy atom. The molecule has 5 nitrogen and oxygen atoms in total. The van der Waals surface area contributed by atoms with E-state index in [-0.39, 0.29) is 17.7 Å². The highest BCUT2D eigenvalue weighted by Crippen LogP contribution is 2.17. The summed E-state index contributed by atoms with van der Waals surface area (Å²) in [7, 11) is 3.82. The van der Waals surface area contributed by atoms with Crippen molar-refractivity contribution in [3.63, 3.8) is 0 Å². The van der Waals surface area contributed by atoms with Crippen LogP contribution in [0, 0.1) is 5.92 Å². The molecule has 1 aliphatic heterocycles. The van der Waals surface area contributed by atoms with Gasteiger partial charge in [-0.15, -0.1) is 0 Å². The number of carbonyl (C=O) groups is 2. The molecule has 2 amide bonds. The molecule has 0 aromatic heterocycles. The second-order valence-electron chi connectivity index (χ2n) is 6.55. The summed E-state index contributed by atoms with van der Waals surface area (Å²) in [6.07, 6.45) is 3.47. The Hall–Kier alpha value is -0.940. The fourth-order valence-electron chi connectivity index (χ4n) is 2.65. The maximum Gasteiger partial charge on any atom is 0.315 e. The number of likely N-dealkylation sites (tertiary alicyclic amines) is 1. The van der Waals surface area contributed by atoms with E-state index in [1.807, 2.05) is 21.0 Å². The smallest absolute Gasteiger partial charge is 0.315 e. The third kappa shape index (κ3) is 5.75. The first-order valence-electron chi connectivity index (χ1n) is 8.27. The van der Waals surface area contributed by atoms with Crippen LogP contribution in [-0.4, -0.2) is 68.0 Å². The average Bonchev–Trinajstić information content (AvgIpc) is 2.48. The van der Waals surface area contributed by atoms with Crippen molar-refractivity contribution in [1.29, 1.82) is 0 Å². The van der Waals surface area contributed by atoms with Crippen molar-refractivity contribution >= 4 is 11.8 Å². The van der Waals surface area contributed by atoms with Crippen LogP contribution in [0.4, 0.5) is 0 Å². The normalized spacial score (nSPS) is 17.7. The second kappa shape index (κ2) is 8.49. The summed E-state index contributed by atoms with van der Waals surface area (Å²) in [6, 6.07) is 0. The summed E-state index contributed by atoms with van der Waals surface area (Å²) in [6.45, 7) is 8.60. The summed E-state index contributed by atoms with van der Waals surface area (Å²) >= 11 is 0. The molecule has 122 valence electrons. The molecule has 0 saturated carbocycles. The Morgan fingerprint density at radius 1 is 1.19 bits per heavy atom. The summed E-state index contributed by atoms with van der Waals surface area (Å²) in [5.74, 6) is 0.429. The minimum atomic E-state index is 0.126. The van der Waals surface area contributed by atoms with Crippen molar-refractivity contribution in [2.75, 3.05) is 46.8 Å². The van der Waals surface area contributed by atoms with Crippen LogP contribution < -0.4 is 5.32 Å². The van der Waals surface area contributed by atoms with E-state index in [4.69, 9.17) is 0 Å². The number of piperidine rings is 1. The summed E-state index contributed by atoms with van der Waals surface area (Å²) < 4.78 is 0.380. The summed E-state index contributed by atoms with van der Waals surface area (Å²) in [4.78, 5) is 26.5. The Bertz CT molecular complexity index is 347. The van der Waals surface area contributed by atoms with Crippen molar-refractivity contribution in [1.82, 2.24) is 10.2 Å². The standard InChI is InChI=1S/C16H31N3O2/c1-5-11-18-12-8-14(9-13-18)16(21)17-10-7-15(20)19(3,4)6-2/h14H,5-13H2,1-4H3/p+1. The van der Waals surface area contributed by atoms with Gasteiger partial charge in [-0.1, -0.05) is 6.92 Å². The van der Waals surface area contributed by atoms with Gasteiger partial charge in [-0.05, 0) is 45.8 Å². The van der Waals surface area contributed by atoms with Crippen LogP contribution in [0.25, 0.3) is 0 Å². The quantitative estimate of drug-likeness (QED) is 0.719. The number of hydrogen-bond acceptors (Lipinski definition) is 3. The largest absolute Gasteiger partial charge is 0.355 e. The number of hydrogen-bond donors (Lipinski definition) is 1. The molecular weight excluding hydrogens is 266 g/mol. The zero-order valence-corrected chi connectivity index (χ0v) is 14.2. The maximum atomic E-state index is 12.1. The molecule has 1 rings (SSSR count). The molecule has 1 N–H and O–H groups in total. The van der Waals surface area contributed by atoms with Gasteiger partial charge in [0.1, 0.15) is 0 Å². The molecule has 1 saturated heterocycles. The Labute approximate surface area is 129 Å². The van der Waals surface area contributed by atoms with Gasteiger partial charge in [0.15, 0.2) is 0 Å². The minimum absolute atomic E-state index is 0.126. The van der Waals surface area contributed by atoms with Gasteiger partial charge in [-0.2, -0.15) is 0 Å². The maximum absolute atomic E-state index is 12.1. The molecule has 0 aromatic rings. The Morgan fingerprint density at radius 3 is 2.33 bits per heavy atom. The fraction of sp³-hybridized carbons (Fsp3) is 0.875. The summed E-state index contributed by atoms with van der Waals surface area (Å²) in [5, 5.41) is 2.94. The predicted octanol–water partition coefficient (Wildman–Crippen LogP) is 1.24. The molecule has 0 unspecified atom stereocenters. The highest BCUT2D eigenvalue weighted by atomic mass is 16.2. The lowest BCUT2D eigenvalue weighted by molar-refractivity contribution is -0.812. The van der Waals surface area contributed by atoms with E-state index in [0.717, 1.165) is 39.0 Å². The van der Waals surface area contributed by atoms with Gasteiger partial charge in [-0.25, -0.2) is 4.79 Å². The third-order valence-electron chi connectivity index (χ3n) is 4.60. The molecule has 0 aliphatic carbocycles. The van der Waals surface area contributed by atoms with Crippen LogP contribution in [-0.2, 0) is 9.59 Å². The van der Waals surface area contributed by atoms with Gasteiger partial charge < -0.3 is 10.2 Å². The van der Waals surface area contributed by atoms with E-state index in [1.54, 1.807) is 0 Å².